The molecule has 1 fully saturated rings. The van der Waals surface area contributed by atoms with E-state index in [1.807, 2.05) is 63.2 Å². The number of hydrogen-bond acceptors (Lipinski definition) is 6. The topological polar surface area (TPSA) is 71.1 Å². The second-order valence-corrected chi connectivity index (χ2v) is 11.6. The Morgan fingerprint density at radius 3 is 2.15 bits per heavy atom. The Hall–Kier alpha value is -3.49. The van der Waals surface area contributed by atoms with Crippen molar-refractivity contribution in [1.29, 1.82) is 0 Å². The van der Waals surface area contributed by atoms with Gasteiger partial charge in [-0.2, -0.15) is 0 Å². The van der Waals surface area contributed by atoms with Crippen molar-refractivity contribution >= 4 is 30.5 Å². The molecule has 1 aliphatic carbocycles. The molecule has 0 atom stereocenters. The van der Waals surface area contributed by atoms with Crippen LogP contribution in [0.2, 0.25) is 0 Å². The zero-order chi connectivity index (χ0) is 27.6. The molecule has 0 aromatic heterocycles. The van der Waals surface area contributed by atoms with E-state index >= 15 is 0 Å². The van der Waals surface area contributed by atoms with Crippen LogP contribution in [0.25, 0.3) is 11.1 Å². The van der Waals surface area contributed by atoms with Gasteiger partial charge in [-0.05, 0) is 66.8 Å². The Morgan fingerprint density at radius 2 is 1.54 bits per heavy atom. The molecule has 1 aliphatic heterocycles. The minimum absolute atomic E-state index is 0.00858. The molecule has 0 unspecified atom stereocenters. The third kappa shape index (κ3) is 6.57. The van der Waals surface area contributed by atoms with Crippen LogP contribution in [0.15, 0.2) is 71.6 Å². The Balaban J connectivity index is 1.16. The van der Waals surface area contributed by atoms with E-state index in [0.717, 1.165) is 23.5 Å². The van der Waals surface area contributed by atoms with Crippen LogP contribution < -0.4 is 5.32 Å². The first-order valence-electron chi connectivity index (χ1n) is 13.3. The largest absolute Gasteiger partial charge is 0.448 e. The van der Waals surface area contributed by atoms with Crippen LogP contribution in [0.1, 0.15) is 43.4 Å². The summed E-state index contributed by atoms with van der Waals surface area (Å²) in [6.07, 6.45) is -0.762. The fourth-order valence-electron chi connectivity index (χ4n) is 5.26. The second-order valence-electron chi connectivity index (χ2n) is 11.1. The number of anilines is 1. The van der Waals surface area contributed by atoms with E-state index in [1.54, 1.807) is 4.90 Å². The molecule has 3 aromatic carbocycles. The van der Waals surface area contributed by atoms with E-state index in [1.165, 1.54) is 22.3 Å². The minimum atomic E-state index is -0.502. The molecular formula is C31H35N3O4S. The molecule has 3 aromatic rings. The lowest BCUT2D eigenvalue weighted by atomic mass is 9.98. The molecule has 7 nitrogen and oxygen atoms in total. The monoisotopic (exact) mass is 545 g/mol. The number of benzene rings is 3. The zero-order valence-corrected chi connectivity index (χ0v) is 23.5. The normalized spacial score (nSPS) is 15.4. The quantitative estimate of drug-likeness (QED) is 0.364. The van der Waals surface area contributed by atoms with E-state index in [9.17, 15) is 9.59 Å². The minimum Gasteiger partial charge on any atom is -0.448 e. The Labute approximate surface area is 235 Å². The maximum absolute atomic E-state index is 12.8. The highest BCUT2D eigenvalue weighted by Crippen LogP contribution is 2.44. The number of hydrogen-bond donors (Lipinski definition) is 2. The van der Waals surface area contributed by atoms with Crippen molar-refractivity contribution in [3.05, 3.63) is 83.4 Å². The van der Waals surface area contributed by atoms with Gasteiger partial charge in [-0.1, -0.05) is 48.5 Å². The summed E-state index contributed by atoms with van der Waals surface area (Å²) in [5.41, 5.74) is 5.92. The molecule has 5 rings (SSSR count). The standard InChI is InChI=1S/C31H35N3O4S/c1-31(2,3)38-30(36)34-14-12-33(13-15-34)19-21-16-22(18-23(39)17-21)32-29(35)37-20-28-26-10-6-4-8-24(26)25-9-5-7-11-27(25)28/h4-11,16-18,28,39H,12-15,19-20H2,1-3H3,(H,32,35). The third-order valence-corrected chi connectivity index (χ3v) is 7.26. The highest BCUT2D eigenvalue weighted by Gasteiger charge is 2.29. The van der Waals surface area contributed by atoms with E-state index in [0.29, 0.717) is 25.3 Å². The fraction of sp³-hybridized carbons (Fsp3) is 0.355. The number of amides is 2. The van der Waals surface area contributed by atoms with Gasteiger partial charge in [0.15, 0.2) is 0 Å². The van der Waals surface area contributed by atoms with Crippen LogP contribution in [0.4, 0.5) is 15.3 Å². The van der Waals surface area contributed by atoms with Crippen LogP contribution >= 0.6 is 12.6 Å². The van der Waals surface area contributed by atoms with Crippen molar-refractivity contribution < 1.29 is 19.1 Å². The molecule has 204 valence electrons. The summed E-state index contributed by atoms with van der Waals surface area (Å²) in [6.45, 7) is 9.28. The maximum atomic E-state index is 12.8. The van der Waals surface area contributed by atoms with E-state index in [4.69, 9.17) is 9.47 Å². The number of thiol groups is 1. The zero-order valence-electron chi connectivity index (χ0n) is 22.6. The number of nitrogens with one attached hydrogen (secondary N) is 1. The number of ether oxygens (including phenoxy) is 2. The van der Waals surface area contributed by atoms with Crippen molar-refractivity contribution in [2.45, 2.75) is 43.7 Å². The summed E-state index contributed by atoms with van der Waals surface area (Å²) in [5.74, 6) is 0.00858. The van der Waals surface area contributed by atoms with Crippen LogP contribution in [0, 0.1) is 0 Å². The number of carbonyl (C=O) groups is 2. The Bertz CT molecular complexity index is 1320. The lowest BCUT2D eigenvalue weighted by Crippen LogP contribution is -2.49. The molecule has 0 spiro atoms. The molecule has 1 saturated heterocycles. The SMILES string of the molecule is CC(C)(C)OC(=O)N1CCN(Cc2cc(S)cc(NC(=O)OCC3c4ccccc4-c4ccccc43)c2)CC1. The number of nitrogens with zero attached hydrogens (tertiary/aromatic N) is 2. The fourth-order valence-corrected chi connectivity index (χ4v) is 5.57. The predicted molar refractivity (Wildman–Crippen MR) is 155 cm³/mol. The molecule has 0 saturated carbocycles. The summed E-state index contributed by atoms with van der Waals surface area (Å²) in [7, 11) is 0. The van der Waals surface area contributed by atoms with Gasteiger partial charge in [0, 0.05) is 49.2 Å². The van der Waals surface area contributed by atoms with Crippen molar-refractivity contribution in [3.8, 4) is 11.1 Å². The van der Waals surface area contributed by atoms with E-state index in [-0.39, 0.29) is 18.6 Å². The van der Waals surface area contributed by atoms with Crippen molar-refractivity contribution in [1.82, 2.24) is 9.80 Å². The van der Waals surface area contributed by atoms with Crippen molar-refractivity contribution in [2.75, 3.05) is 38.1 Å². The average molecular weight is 546 g/mol. The van der Waals surface area contributed by atoms with Gasteiger partial charge in [0.25, 0.3) is 0 Å². The molecule has 2 amide bonds. The molecule has 2 aliphatic rings. The van der Waals surface area contributed by atoms with E-state index in [2.05, 4.69) is 47.1 Å². The number of piperazine rings is 1. The molecule has 39 heavy (non-hydrogen) atoms. The van der Waals surface area contributed by atoms with Crippen LogP contribution in [-0.4, -0.2) is 60.4 Å². The Kier molecular flexibility index (Phi) is 7.86. The van der Waals surface area contributed by atoms with Gasteiger partial charge in [-0.25, -0.2) is 9.59 Å². The maximum Gasteiger partial charge on any atom is 0.411 e. The summed E-state index contributed by atoms with van der Waals surface area (Å²) in [6, 6.07) is 22.3. The van der Waals surface area contributed by atoms with Crippen molar-refractivity contribution in [2.24, 2.45) is 0 Å². The first kappa shape index (κ1) is 27.1. The molecule has 1 heterocycles. The van der Waals surface area contributed by atoms with Crippen molar-refractivity contribution in [3.63, 3.8) is 0 Å². The lowest BCUT2D eigenvalue weighted by Gasteiger charge is -2.35. The van der Waals surface area contributed by atoms with Crippen LogP contribution in [0.3, 0.4) is 0 Å². The average Bonchev–Trinajstić information content (AvgIpc) is 3.20. The van der Waals surface area contributed by atoms with Gasteiger partial charge in [0.05, 0.1) is 0 Å². The van der Waals surface area contributed by atoms with Gasteiger partial charge in [-0.3, -0.25) is 10.2 Å². The highest BCUT2D eigenvalue weighted by molar-refractivity contribution is 7.80. The summed E-state index contributed by atoms with van der Waals surface area (Å²) >= 11 is 4.55. The van der Waals surface area contributed by atoms with Gasteiger partial charge >= 0.3 is 12.2 Å². The van der Waals surface area contributed by atoms with Gasteiger partial charge in [-0.15, -0.1) is 12.6 Å². The molecular weight excluding hydrogens is 510 g/mol. The summed E-state index contributed by atoms with van der Waals surface area (Å²) in [4.78, 5) is 29.9. The molecule has 8 heteroatoms. The first-order valence-corrected chi connectivity index (χ1v) is 13.8. The van der Waals surface area contributed by atoms with E-state index < -0.39 is 11.7 Å². The third-order valence-electron chi connectivity index (χ3n) is 7.00. The number of rotatable bonds is 5. The lowest BCUT2D eigenvalue weighted by molar-refractivity contribution is 0.0139. The van der Waals surface area contributed by atoms with Gasteiger partial charge in [0.2, 0.25) is 0 Å². The smallest absolute Gasteiger partial charge is 0.411 e. The second kappa shape index (κ2) is 11.3. The number of fused-ring (bicyclic) bond motifs is 3. The highest BCUT2D eigenvalue weighted by atomic mass is 32.1. The van der Waals surface area contributed by atoms with Gasteiger partial charge in [0.1, 0.15) is 12.2 Å². The summed E-state index contributed by atoms with van der Waals surface area (Å²) < 4.78 is 11.2. The van der Waals surface area contributed by atoms with Crippen LogP contribution in [-0.2, 0) is 16.0 Å². The van der Waals surface area contributed by atoms with Crippen LogP contribution in [0.5, 0.6) is 0 Å². The first-order chi connectivity index (χ1) is 18.7. The molecule has 0 bridgehead atoms. The summed E-state index contributed by atoms with van der Waals surface area (Å²) in [5, 5.41) is 2.88. The van der Waals surface area contributed by atoms with Gasteiger partial charge < -0.3 is 14.4 Å². The molecule has 1 N–H and O–H groups in total. The Morgan fingerprint density at radius 1 is 0.923 bits per heavy atom. The number of carbonyl (C=O) groups excluding carboxylic acids is 2. The predicted octanol–water partition coefficient (Wildman–Crippen LogP) is 6.39. The molecule has 0 radical (unpaired) electrons.